The number of aryl methyl sites for hydroxylation is 3. The molecule has 1 N–H and O–H groups in total. The highest BCUT2D eigenvalue weighted by Gasteiger charge is 2.10. The molecule has 0 saturated heterocycles. The summed E-state index contributed by atoms with van der Waals surface area (Å²) in [6.07, 6.45) is 1.03. The lowest BCUT2D eigenvalue weighted by Gasteiger charge is -2.05. The van der Waals surface area contributed by atoms with Crippen LogP contribution < -0.4 is 5.32 Å². The highest BCUT2D eigenvalue weighted by Crippen LogP contribution is 2.13. The molecule has 0 radical (unpaired) electrons. The molecular formula is C15H21N3. The summed E-state index contributed by atoms with van der Waals surface area (Å²) in [7, 11) is 1.97. The van der Waals surface area contributed by atoms with Gasteiger partial charge in [-0.15, -0.1) is 0 Å². The van der Waals surface area contributed by atoms with Crippen molar-refractivity contribution in [3.05, 3.63) is 52.8 Å². The van der Waals surface area contributed by atoms with Crippen LogP contribution in [0.4, 0.5) is 0 Å². The smallest absolute Gasteiger partial charge is 0.0641 e. The molecular weight excluding hydrogens is 222 g/mol. The maximum absolute atomic E-state index is 4.62. The second-order valence-corrected chi connectivity index (χ2v) is 4.64. The van der Waals surface area contributed by atoms with Crippen molar-refractivity contribution < 1.29 is 0 Å². The van der Waals surface area contributed by atoms with E-state index < -0.39 is 0 Å². The summed E-state index contributed by atoms with van der Waals surface area (Å²) in [6.45, 7) is 6.07. The molecule has 0 bridgehead atoms. The average Bonchev–Trinajstić information content (AvgIpc) is 2.66. The van der Waals surface area contributed by atoms with Crippen LogP contribution in [0.5, 0.6) is 0 Å². The highest BCUT2D eigenvalue weighted by molar-refractivity contribution is 5.24. The number of nitrogens with one attached hydrogen (secondary N) is 1. The third-order valence-corrected chi connectivity index (χ3v) is 3.34. The van der Waals surface area contributed by atoms with Crippen molar-refractivity contribution in [1.29, 1.82) is 0 Å². The van der Waals surface area contributed by atoms with Crippen LogP contribution in [-0.2, 0) is 19.5 Å². The summed E-state index contributed by atoms with van der Waals surface area (Å²) in [6, 6.07) is 10.6. The van der Waals surface area contributed by atoms with Crippen molar-refractivity contribution in [3.63, 3.8) is 0 Å². The molecule has 2 aromatic rings. The Kier molecular flexibility index (Phi) is 4.15. The van der Waals surface area contributed by atoms with Crippen molar-refractivity contribution in [1.82, 2.24) is 15.1 Å². The number of rotatable bonds is 5. The molecule has 1 aromatic heterocycles. The fourth-order valence-electron chi connectivity index (χ4n) is 2.26. The maximum atomic E-state index is 4.62. The van der Waals surface area contributed by atoms with E-state index in [0.717, 1.165) is 25.2 Å². The molecule has 0 amide bonds. The molecule has 0 saturated carbocycles. The van der Waals surface area contributed by atoms with E-state index in [1.54, 1.807) is 0 Å². The van der Waals surface area contributed by atoms with Crippen LogP contribution in [0.25, 0.3) is 0 Å². The van der Waals surface area contributed by atoms with Gasteiger partial charge in [-0.1, -0.05) is 30.3 Å². The summed E-state index contributed by atoms with van der Waals surface area (Å²) < 4.78 is 2.12. The number of aromatic nitrogens is 2. The molecule has 0 aliphatic rings. The van der Waals surface area contributed by atoms with Crippen LogP contribution in [0, 0.1) is 13.8 Å². The second-order valence-electron chi connectivity index (χ2n) is 4.64. The van der Waals surface area contributed by atoms with Gasteiger partial charge in [0.15, 0.2) is 0 Å². The molecule has 0 aliphatic carbocycles. The Morgan fingerprint density at radius 1 is 1.17 bits per heavy atom. The Hall–Kier alpha value is -1.61. The minimum atomic E-state index is 0.892. The van der Waals surface area contributed by atoms with E-state index in [-0.39, 0.29) is 0 Å². The molecule has 0 fully saturated rings. The summed E-state index contributed by atoms with van der Waals surface area (Å²) in [5.41, 5.74) is 5.10. The molecule has 3 nitrogen and oxygen atoms in total. The predicted octanol–water partition coefficient (Wildman–Crippen LogP) is 2.46. The van der Waals surface area contributed by atoms with E-state index in [1.807, 2.05) is 7.05 Å². The molecule has 0 aliphatic heterocycles. The van der Waals surface area contributed by atoms with E-state index in [2.05, 4.69) is 59.3 Å². The quantitative estimate of drug-likeness (QED) is 0.874. The molecule has 0 unspecified atom stereocenters. The zero-order valence-electron chi connectivity index (χ0n) is 11.4. The van der Waals surface area contributed by atoms with E-state index in [0.29, 0.717) is 0 Å². The number of benzene rings is 1. The molecule has 96 valence electrons. The summed E-state index contributed by atoms with van der Waals surface area (Å²) in [5, 5.41) is 7.82. The lowest BCUT2D eigenvalue weighted by molar-refractivity contribution is 0.593. The van der Waals surface area contributed by atoms with Gasteiger partial charge in [0.05, 0.1) is 5.69 Å². The summed E-state index contributed by atoms with van der Waals surface area (Å²) >= 11 is 0. The third kappa shape index (κ3) is 2.79. The maximum Gasteiger partial charge on any atom is 0.0641 e. The Balaban J connectivity index is 2.08. The molecule has 0 atom stereocenters. The number of nitrogens with zero attached hydrogens (tertiary/aromatic N) is 2. The van der Waals surface area contributed by atoms with E-state index in [9.17, 15) is 0 Å². The highest BCUT2D eigenvalue weighted by atomic mass is 15.3. The van der Waals surface area contributed by atoms with E-state index in [1.165, 1.54) is 16.8 Å². The topological polar surface area (TPSA) is 29.9 Å². The van der Waals surface area contributed by atoms with Gasteiger partial charge in [0.2, 0.25) is 0 Å². The molecule has 1 aromatic carbocycles. The largest absolute Gasteiger partial charge is 0.316 e. The zero-order valence-corrected chi connectivity index (χ0v) is 11.4. The minimum absolute atomic E-state index is 0.892. The van der Waals surface area contributed by atoms with Crippen molar-refractivity contribution in [2.24, 2.45) is 0 Å². The first kappa shape index (κ1) is 12.8. The van der Waals surface area contributed by atoms with Crippen LogP contribution in [-0.4, -0.2) is 16.8 Å². The van der Waals surface area contributed by atoms with Gasteiger partial charge in [0.25, 0.3) is 0 Å². The van der Waals surface area contributed by atoms with E-state index >= 15 is 0 Å². The first-order valence-electron chi connectivity index (χ1n) is 6.43. The van der Waals surface area contributed by atoms with Crippen molar-refractivity contribution >= 4 is 0 Å². The standard InChI is InChI=1S/C15H21N3/c1-12-15(11-16-3)13(2)18(17-12)10-9-14-7-5-4-6-8-14/h4-8,16H,9-11H2,1-3H3. The van der Waals surface area contributed by atoms with Crippen LogP contribution >= 0.6 is 0 Å². The molecule has 18 heavy (non-hydrogen) atoms. The zero-order chi connectivity index (χ0) is 13.0. The summed E-state index contributed by atoms with van der Waals surface area (Å²) in [4.78, 5) is 0. The van der Waals surface area contributed by atoms with E-state index in [4.69, 9.17) is 0 Å². The van der Waals surface area contributed by atoms with Gasteiger partial charge in [-0.2, -0.15) is 5.10 Å². The Morgan fingerprint density at radius 2 is 1.89 bits per heavy atom. The Morgan fingerprint density at radius 3 is 2.56 bits per heavy atom. The van der Waals surface area contributed by atoms with Gasteiger partial charge in [-0.25, -0.2) is 0 Å². The van der Waals surface area contributed by atoms with Crippen LogP contribution in [0.3, 0.4) is 0 Å². The third-order valence-electron chi connectivity index (χ3n) is 3.34. The SMILES string of the molecule is CNCc1c(C)nn(CCc2ccccc2)c1C. The first-order chi connectivity index (χ1) is 8.72. The molecule has 3 heteroatoms. The predicted molar refractivity (Wildman–Crippen MR) is 74.6 cm³/mol. The molecule has 0 spiro atoms. The van der Waals surface area contributed by atoms with Crippen LogP contribution in [0.15, 0.2) is 30.3 Å². The number of hydrogen-bond donors (Lipinski definition) is 1. The van der Waals surface area contributed by atoms with Crippen molar-refractivity contribution in [3.8, 4) is 0 Å². The Labute approximate surface area is 109 Å². The lowest BCUT2D eigenvalue weighted by Crippen LogP contribution is -2.08. The van der Waals surface area contributed by atoms with Gasteiger partial charge in [0, 0.05) is 24.3 Å². The van der Waals surface area contributed by atoms with Gasteiger partial charge in [-0.05, 0) is 32.9 Å². The first-order valence-corrected chi connectivity index (χ1v) is 6.43. The summed E-state index contributed by atoms with van der Waals surface area (Å²) in [5.74, 6) is 0. The molecule has 1 heterocycles. The average molecular weight is 243 g/mol. The van der Waals surface area contributed by atoms with Crippen LogP contribution in [0.2, 0.25) is 0 Å². The molecule has 2 rings (SSSR count). The fraction of sp³-hybridized carbons (Fsp3) is 0.400. The van der Waals surface area contributed by atoms with Gasteiger partial charge >= 0.3 is 0 Å². The van der Waals surface area contributed by atoms with Crippen molar-refractivity contribution in [2.45, 2.75) is 33.4 Å². The van der Waals surface area contributed by atoms with Crippen molar-refractivity contribution in [2.75, 3.05) is 7.05 Å². The van der Waals surface area contributed by atoms with Gasteiger partial charge in [-0.3, -0.25) is 4.68 Å². The fourth-order valence-corrected chi connectivity index (χ4v) is 2.26. The lowest BCUT2D eigenvalue weighted by atomic mass is 10.1. The number of hydrogen-bond acceptors (Lipinski definition) is 2. The second kappa shape index (κ2) is 5.83. The minimum Gasteiger partial charge on any atom is -0.316 e. The Bertz CT molecular complexity index is 500. The van der Waals surface area contributed by atoms with Gasteiger partial charge in [0.1, 0.15) is 0 Å². The van der Waals surface area contributed by atoms with Gasteiger partial charge < -0.3 is 5.32 Å². The van der Waals surface area contributed by atoms with Crippen LogP contribution in [0.1, 0.15) is 22.5 Å². The normalized spacial score (nSPS) is 10.8. The monoisotopic (exact) mass is 243 g/mol.